The molecule has 146 valence electrons. The standard InChI is InChI=1S/C25H24N2O2/c1-19-12-14-22(15-13-19)26-18-25(24(26)28)16-23(21-10-6-3-7-11-21)27(29-25)17-20-8-4-2-5-9-20/h2-15,23H,16-18H2,1H3/t23-,25-/m0/s1. The largest absolute Gasteiger partial charge is 0.306 e. The Morgan fingerprint density at radius 3 is 2.24 bits per heavy atom. The second kappa shape index (κ2) is 7.14. The zero-order valence-corrected chi connectivity index (χ0v) is 16.5. The van der Waals surface area contributed by atoms with Crippen LogP contribution in [0.3, 0.4) is 0 Å². The van der Waals surface area contributed by atoms with Gasteiger partial charge >= 0.3 is 0 Å². The molecule has 1 amide bonds. The Kier molecular flexibility index (Phi) is 4.46. The van der Waals surface area contributed by atoms with Gasteiger partial charge in [0.15, 0.2) is 5.60 Å². The molecule has 2 aliphatic rings. The molecule has 0 N–H and O–H groups in total. The highest BCUT2D eigenvalue weighted by Crippen LogP contribution is 2.47. The highest BCUT2D eigenvalue weighted by Gasteiger charge is 2.61. The number of carbonyl (C=O) groups excluding carboxylic acids is 1. The van der Waals surface area contributed by atoms with E-state index in [1.54, 1.807) is 0 Å². The van der Waals surface area contributed by atoms with Crippen molar-refractivity contribution in [3.63, 3.8) is 0 Å². The lowest BCUT2D eigenvalue weighted by atomic mass is 9.84. The molecule has 2 atom stereocenters. The fourth-order valence-corrected chi connectivity index (χ4v) is 4.31. The molecule has 1 spiro atoms. The van der Waals surface area contributed by atoms with Gasteiger partial charge in [0.1, 0.15) is 0 Å². The number of hydrogen-bond acceptors (Lipinski definition) is 3. The van der Waals surface area contributed by atoms with E-state index in [-0.39, 0.29) is 11.9 Å². The lowest BCUT2D eigenvalue weighted by Gasteiger charge is -2.45. The van der Waals surface area contributed by atoms with Gasteiger partial charge in [0.25, 0.3) is 5.91 Å². The molecule has 4 heteroatoms. The first kappa shape index (κ1) is 18.1. The molecule has 0 aliphatic carbocycles. The van der Waals surface area contributed by atoms with Crippen molar-refractivity contribution >= 4 is 11.6 Å². The summed E-state index contributed by atoms with van der Waals surface area (Å²) < 4.78 is 0. The van der Waals surface area contributed by atoms with E-state index < -0.39 is 5.60 Å². The van der Waals surface area contributed by atoms with E-state index >= 15 is 0 Å². The van der Waals surface area contributed by atoms with Crippen LogP contribution in [0.4, 0.5) is 5.69 Å². The van der Waals surface area contributed by atoms with Crippen molar-refractivity contribution < 1.29 is 9.63 Å². The van der Waals surface area contributed by atoms with Crippen molar-refractivity contribution in [3.8, 4) is 0 Å². The maximum Gasteiger partial charge on any atom is 0.263 e. The monoisotopic (exact) mass is 384 g/mol. The number of hydroxylamine groups is 2. The molecular weight excluding hydrogens is 360 g/mol. The van der Waals surface area contributed by atoms with Gasteiger partial charge in [-0.25, -0.2) is 0 Å². The van der Waals surface area contributed by atoms with Crippen LogP contribution in [0, 0.1) is 6.92 Å². The van der Waals surface area contributed by atoms with Crippen LogP contribution in [0.5, 0.6) is 0 Å². The van der Waals surface area contributed by atoms with Crippen LogP contribution in [-0.2, 0) is 16.2 Å². The summed E-state index contributed by atoms with van der Waals surface area (Å²) in [4.78, 5) is 21.4. The zero-order valence-electron chi connectivity index (χ0n) is 16.5. The van der Waals surface area contributed by atoms with Crippen molar-refractivity contribution in [2.75, 3.05) is 11.4 Å². The lowest BCUT2D eigenvalue weighted by molar-refractivity contribution is -0.219. The summed E-state index contributed by atoms with van der Waals surface area (Å²) >= 11 is 0. The molecule has 0 radical (unpaired) electrons. The summed E-state index contributed by atoms with van der Waals surface area (Å²) in [7, 11) is 0. The number of amides is 1. The predicted octanol–water partition coefficient (Wildman–Crippen LogP) is 4.66. The molecule has 5 rings (SSSR count). The number of rotatable bonds is 4. The predicted molar refractivity (Wildman–Crippen MR) is 113 cm³/mol. The third kappa shape index (κ3) is 3.24. The van der Waals surface area contributed by atoms with Crippen LogP contribution in [-0.4, -0.2) is 23.1 Å². The Morgan fingerprint density at radius 1 is 0.931 bits per heavy atom. The fourth-order valence-electron chi connectivity index (χ4n) is 4.31. The smallest absolute Gasteiger partial charge is 0.263 e. The molecule has 0 saturated carbocycles. The van der Waals surface area contributed by atoms with Gasteiger partial charge in [-0.2, -0.15) is 5.06 Å². The highest BCUT2D eigenvalue weighted by molar-refractivity contribution is 6.07. The topological polar surface area (TPSA) is 32.8 Å². The maximum absolute atomic E-state index is 13.2. The van der Waals surface area contributed by atoms with Gasteiger partial charge in [-0.1, -0.05) is 78.4 Å². The van der Waals surface area contributed by atoms with Crippen molar-refractivity contribution in [2.45, 2.75) is 31.5 Å². The summed E-state index contributed by atoms with van der Waals surface area (Å²) in [5.41, 5.74) is 3.72. The molecular formula is C25H24N2O2. The van der Waals surface area contributed by atoms with E-state index in [0.717, 1.165) is 5.69 Å². The van der Waals surface area contributed by atoms with E-state index in [0.29, 0.717) is 19.5 Å². The minimum absolute atomic E-state index is 0.0536. The Labute approximate surface area is 171 Å². The SMILES string of the molecule is Cc1ccc(N2C[C@@]3(C[C@@H](c4ccccc4)N(Cc4ccccc4)O3)C2=O)cc1. The number of nitrogens with zero attached hydrogens (tertiary/aromatic N) is 2. The van der Waals surface area contributed by atoms with E-state index in [1.807, 2.05) is 70.6 Å². The van der Waals surface area contributed by atoms with Gasteiger partial charge in [0, 0.05) is 18.7 Å². The highest BCUT2D eigenvalue weighted by atomic mass is 16.7. The van der Waals surface area contributed by atoms with Crippen molar-refractivity contribution in [3.05, 3.63) is 102 Å². The summed E-state index contributed by atoms with van der Waals surface area (Å²) in [6.07, 6.45) is 0.672. The van der Waals surface area contributed by atoms with Crippen LogP contribution < -0.4 is 4.90 Å². The molecule has 29 heavy (non-hydrogen) atoms. The number of benzene rings is 3. The Hall–Kier alpha value is -2.95. The molecule has 3 aromatic rings. The average Bonchev–Trinajstić information content (AvgIpc) is 3.15. The Balaban J connectivity index is 1.41. The average molecular weight is 384 g/mol. The number of aryl methyl sites for hydroxylation is 1. The fraction of sp³-hybridized carbons (Fsp3) is 0.240. The van der Waals surface area contributed by atoms with Crippen LogP contribution >= 0.6 is 0 Å². The van der Waals surface area contributed by atoms with Gasteiger partial charge < -0.3 is 4.90 Å². The molecule has 2 heterocycles. The lowest BCUT2D eigenvalue weighted by Crippen LogP contribution is -2.67. The van der Waals surface area contributed by atoms with Crippen molar-refractivity contribution in [1.29, 1.82) is 0 Å². The molecule has 0 unspecified atom stereocenters. The zero-order chi connectivity index (χ0) is 19.8. The van der Waals surface area contributed by atoms with Crippen LogP contribution in [0.1, 0.15) is 29.2 Å². The second-order valence-electron chi connectivity index (χ2n) is 8.00. The van der Waals surface area contributed by atoms with Crippen LogP contribution in [0.25, 0.3) is 0 Å². The minimum Gasteiger partial charge on any atom is -0.306 e. The van der Waals surface area contributed by atoms with Gasteiger partial charge in [0.05, 0.1) is 12.6 Å². The Bertz CT molecular complexity index is 1000. The van der Waals surface area contributed by atoms with E-state index in [9.17, 15) is 4.79 Å². The summed E-state index contributed by atoms with van der Waals surface area (Å²) in [6, 6.07) is 28.8. The number of carbonyl (C=O) groups is 1. The van der Waals surface area contributed by atoms with Gasteiger partial charge in [-0.05, 0) is 30.2 Å². The van der Waals surface area contributed by atoms with Crippen LogP contribution in [0.2, 0.25) is 0 Å². The normalized spacial score (nSPS) is 24.1. The first-order valence-electron chi connectivity index (χ1n) is 10.1. The molecule has 4 nitrogen and oxygen atoms in total. The van der Waals surface area contributed by atoms with E-state index in [2.05, 4.69) is 31.2 Å². The second-order valence-corrected chi connectivity index (χ2v) is 8.00. The van der Waals surface area contributed by atoms with E-state index in [1.165, 1.54) is 16.7 Å². The van der Waals surface area contributed by atoms with Gasteiger partial charge in [0.2, 0.25) is 0 Å². The van der Waals surface area contributed by atoms with E-state index in [4.69, 9.17) is 4.84 Å². The van der Waals surface area contributed by atoms with Gasteiger partial charge in [-0.15, -0.1) is 0 Å². The molecule has 0 aromatic heterocycles. The molecule has 2 fully saturated rings. The summed E-state index contributed by atoms with van der Waals surface area (Å²) in [5, 5.41) is 2.00. The maximum atomic E-state index is 13.2. The molecule has 3 aromatic carbocycles. The summed E-state index contributed by atoms with van der Waals surface area (Å²) in [5.74, 6) is 0.0536. The summed E-state index contributed by atoms with van der Waals surface area (Å²) in [6.45, 7) is 3.29. The van der Waals surface area contributed by atoms with Crippen molar-refractivity contribution in [2.24, 2.45) is 0 Å². The van der Waals surface area contributed by atoms with Crippen LogP contribution in [0.15, 0.2) is 84.9 Å². The molecule has 0 bridgehead atoms. The quantitative estimate of drug-likeness (QED) is 0.614. The van der Waals surface area contributed by atoms with Gasteiger partial charge in [-0.3, -0.25) is 9.63 Å². The first-order valence-corrected chi connectivity index (χ1v) is 10.1. The third-order valence-corrected chi connectivity index (χ3v) is 5.92. The molecule has 2 aliphatic heterocycles. The third-order valence-electron chi connectivity index (χ3n) is 5.92. The first-order chi connectivity index (χ1) is 14.1. The number of anilines is 1. The van der Waals surface area contributed by atoms with Crippen molar-refractivity contribution in [1.82, 2.24) is 5.06 Å². The molecule has 2 saturated heterocycles. The Morgan fingerprint density at radius 2 is 1.59 bits per heavy atom. The number of β-lactam (4-membered cyclic amide) rings is 1. The minimum atomic E-state index is -0.764. The number of hydrogen-bond donors (Lipinski definition) is 0.